The van der Waals surface area contributed by atoms with E-state index in [-0.39, 0.29) is 0 Å². The maximum atomic E-state index is 10.4. The molecule has 0 amide bonds. The Kier molecular flexibility index (Phi) is 7.89. The fourth-order valence-corrected chi connectivity index (χ4v) is 1.94. The molecule has 0 aliphatic carbocycles. The summed E-state index contributed by atoms with van der Waals surface area (Å²) >= 11 is 4.12. The molecule has 0 bridgehead atoms. The molecule has 0 saturated carbocycles. The minimum Gasteiger partial charge on any atom is -0.497 e. The van der Waals surface area contributed by atoms with Crippen LogP contribution in [-0.4, -0.2) is 30.6 Å². The highest BCUT2D eigenvalue weighted by Crippen LogP contribution is 2.38. The first-order valence-electron chi connectivity index (χ1n) is 7.08. The van der Waals surface area contributed by atoms with E-state index in [4.69, 9.17) is 5.11 Å². The summed E-state index contributed by atoms with van der Waals surface area (Å²) < 4.78 is 0. The van der Waals surface area contributed by atoms with Crippen LogP contribution in [0.4, 0.5) is 17.1 Å². The summed E-state index contributed by atoms with van der Waals surface area (Å²) in [6, 6.07) is 6.89. The van der Waals surface area contributed by atoms with E-state index in [0.29, 0.717) is 12.1 Å². The van der Waals surface area contributed by atoms with Crippen LogP contribution in [0.25, 0.3) is 0 Å². The molecule has 0 aliphatic heterocycles. The van der Waals surface area contributed by atoms with Gasteiger partial charge in [-0.25, -0.2) is 0 Å². The average Bonchev–Trinajstić information content (AvgIpc) is 2.60. The van der Waals surface area contributed by atoms with E-state index in [0.717, 1.165) is 24.3 Å². The van der Waals surface area contributed by atoms with Crippen molar-refractivity contribution in [3.63, 3.8) is 0 Å². The van der Waals surface area contributed by atoms with Gasteiger partial charge in [0.25, 0.3) is 11.4 Å². The monoisotopic (exact) mass is 382 g/mol. The number of nitro groups is 3. The molecule has 12 heteroatoms. The number of phenolic OH excluding ortho intramolecular Hbond substituents is 1. The number of phenols is 1. The maximum absolute atomic E-state index is 10.4. The smallest absolute Gasteiger partial charge is 0.324 e. The second kappa shape index (κ2) is 9.88. The molecule has 0 unspecified atom stereocenters. The Hall–Kier alpha value is -3.28. The molecule has 1 aromatic heterocycles. The van der Waals surface area contributed by atoms with Crippen LogP contribution in [0.1, 0.15) is 12.1 Å². The molecule has 0 atom stereocenters. The van der Waals surface area contributed by atoms with Gasteiger partial charge < -0.3 is 5.11 Å². The van der Waals surface area contributed by atoms with Gasteiger partial charge in [0, 0.05) is 11.9 Å². The summed E-state index contributed by atoms with van der Waals surface area (Å²) in [5, 5.41) is 40.2. The molecule has 0 radical (unpaired) electrons. The SMILES string of the molecule is O=[N+]([O-])c1cc([N+](=O)[O-])c(O)c([N+](=O)[O-])c1.SCCCc1ccccn1. The van der Waals surface area contributed by atoms with Gasteiger partial charge in [0.05, 0.1) is 26.9 Å². The number of non-ortho nitro benzene ring substituents is 1. The Morgan fingerprint density at radius 1 is 1.00 bits per heavy atom. The number of benzene rings is 1. The molecule has 1 N–H and O–H groups in total. The lowest BCUT2D eigenvalue weighted by Crippen LogP contribution is -1.97. The van der Waals surface area contributed by atoms with Crippen LogP contribution >= 0.6 is 12.6 Å². The third kappa shape index (κ3) is 5.98. The molecule has 0 saturated heterocycles. The van der Waals surface area contributed by atoms with Crippen molar-refractivity contribution in [3.05, 3.63) is 72.6 Å². The molecular weight excluding hydrogens is 368 g/mol. The van der Waals surface area contributed by atoms with Crippen LogP contribution in [0.15, 0.2) is 36.5 Å². The van der Waals surface area contributed by atoms with Gasteiger partial charge in [0.15, 0.2) is 0 Å². The van der Waals surface area contributed by atoms with Crippen LogP contribution in [-0.2, 0) is 6.42 Å². The normalized spacial score (nSPS) is 9.73. The molecule has 1 heterocycles. The Morgan fingerprint density at radius 3 is 1.96 bits per heavy atom. The first-order chi connectivity index (χ1) is 12.3. The van der Waals surface area contributed by atoms with Crippen LogP contribution in [0, 0.1) is 30.3 Å². The Morgan fingerprint density at radius 2 is 1.58 bits per heavy atom. The number of aromatic hydroxyl groups is 1. The van der Waals surface area contributed by atoms with Gasteiger partial charge in [-0.05, 0) is 30.7 Å². The Balaban J connectivity index is 0.000000289. The highest BCUT2D eigenvalue weighted by molar-refractivity contribution is 7.80. The molecule has 0 spiro atoms. The summed E-state index contributed by atoms with van der Waals surface area (Å²) in [5.74, 6) is -0.267. The van der Waals surface area contributed by atoms with E-state index in [1.165, 1.54) is 0 Å². The zero-order chi connectivity index (χ0) is 19.7. The molecule has 2 aromatic rings. The van der Waals surface area contributed by atoms with Crippen LogP contribution in [0.2, 0.25) is 0 Å². The molecule has 26 heavy (non-hydrogen) atoms. The number of aryl methyl sites for hydroxylation is 1. The number of nitrogens with zero attached hydrogens (tertiary/aromatic N) is 4. The molecule has 2 rings (SSSR count). The van der Waals surface area contributed by atoms with E-state index in [1.807, 2.05) is 24.4 Å². The van der Waals surface area contributed by atoms with Gasteiger partial charge in [-0.3, -0.25) is 35.3 Å². The van der Waals surface area contributed by atoms with Crippen molar-refractivity contribution in [3.8, 4) is 5.75 Å². The molecule has 11 nitrogen and oxygen atoms in total. The van der Waals surface area contributed by atoms with E-state index in [2.05, 4.69) is 17.6 Å². The first kappa shape index (κ1) is 20.8. The van der Waals surface area contributed by atoms with Crippen molar-refractivity contribution in [1.29, 1.82) is 0 Å². The lowest BCUT2D eigenvalue weighted by atomic mass is 10.2. The molecule has 0 aliphatic rings. The van der Waals surface area contributed by atoms with Crippen LogP contribution in [0.3, 0.4) is 0 Å². The minimum atomic E-state index is -1.21. The number of thiol groups is 1. The van der Waals surface area contributed by atoms with Gasteiger partial charge in [-0.2, -0.15) is 12.6 Å². The fourth-order valence-electron chi connectivity index (χ4n) is 1.78. The number of nitro benzene ring substituents is 3. The Labute approximate surface area is 152 Å². The zero-order valence-electron chi connectivity index (χ0n) is 13.2. The van der Waals surface area contributed by atoms with Crippen LogP contribution in [0.5, 0.6) is 5.75 Å². The van der Waals surface area contributed by atoms with Gasteiger partial charge in [0.1, 0.15) is 0 Å². The zero-order valence-corrected chi connectivity index (χ0v) is 14.1. The summed E-state index contributed by atoms with van der Waals surface area (Å²) in [6.45, 7) is 0. The topological polar surface area (TPSA) is 163 Å². The highest BCUT2D eigenvalue weighted by atomic mass is 32.1. The van der Waals surface area contributed by atoms with Gasteiger partial charge in [-0.15, -0.1) is 0 Å². The van der Waals surface area contributed by atoms with Crippen LogP contribution < -0.4 is 0 Å². The summed E-state index contributed by atoms with van der Waals surface area (Å²) in [4.78, 5) is 32.0. The second-order valence-electron chi connectivity index (χ2n) is 4.75. The summed E-state index contributed by atoms with van der Waals surface area (Å²) in [6.07, 6.45) is 3.98. The third-order valence-corrected chi connectivity index (χ3v) is 3.29. The van der Waals surface area contributed by atoms with Crippen molar-refractivity contribution in [1.82, 2.24) is 4.98 Å². The lowest BCUT2D eigenvalue weighted by Gasteiger charge is -1.97. The van der Waals surface area contributed by atoms with E-state index < -0.39 is 37.6 Å². The van der Waals surface area contributed by atoms with Crippen molar-refractivity contribution < 1.29 is 19.9 Å². The minimum absolute atomic E-state index is 0.447. The lowest BCUT2D eigenvalue weighted by molar-refractivity contribution is -0.404. The fraction of sp³-hybridized carbons (Fsp3) is 0.214. The first-order valence-corrected chi connectivity index (χ1v) is 7.72. The number of aromatic nitrogens is 1. The predicted molar refractivity (Wildman–Crippen MR) is 94.5 cm³/mol. The average molecular weight is 382 g/mol. The highest BCUT2D eigenvalue weighted by Gasteiger charge is 2.30. The maximum Gasteiger partial charge on any atom is 0.324 e. The number of pyridine rings is 1. The predicted octanol–water partition coefficient (Wildman–Crippen LogP) is 3.06. The van der Waals surface area contributed by atoms with Gasteiger partial charge in [0.2, 0.25) is 0 Å². The number of rotatable bonds is 6. The van der Waals surface area contributed by atoms with Crippen molar-refractivity contribution in [2.45, 2.75) is 12.8 Å². The van der Waals surface area contributed by atoms with Crippen molar-refractivity contribution >= 4 is 29.7 Å². The second-order valence-corrected chi connectivity index (χ2v) is 5.20. The summed E-state index contributed by atoms with van der Waals surface area (Å²) in [5.41, 5.74) is -1.84. The van der Waals surface area contributed by atoms with E-state index in [1.54, 1.807) is 0 Å². The third-order valence-electron chi connectivity index (χ3n) is 2.98. The van der Waals surface area contributed by atoms with E-state index >= 15 is 0 Å². The molecule has 138 valence electrons. The number of hydrogen-bond acceptors (Lipinski definition) is 9. The molecular formula is C14H14N4O7S. The molecule has 0 fully saturated rings. The van der Waals surface area contributed by atoms with Crippen molar-refractivity contribution in [2.75, 3.05) is 5.75 Å². The number of hydrogen-bond donors (Lipinski definition) is 2. The quantitative estimate of drug-likeness (QED) is 0.437. The standard InChI is InChI=1S/C8H11NS.C6H3N3O7/c10-7-3-5-8-4-1-2-6-9-8;10-6-4(8(13)14)1-3(7(11)12)2-5(6)9(15)16/h1-2,4,6,10H,3,5,7H2;1-2,10H. The van der Waals surface area contributed by atoms with Crippen molar-refractivity contribution in [2.24, 2.45) is 0 Å². The van der Waals surface area contributed by atoms with Gasteiger partial charge >= 0.3 is 11.4 Å². The van der Waals surface area contributed by atoms with E-state index in [9.17, 15) is 30.3 Å². The Bertz CT molecular complexity index is 766. The molecule has 1 aromatic carbocycles. The van der Waals surface area contributed by atoms with Gasteiger partial charge in [-0.1, -0.05) is 6.07 Å². The summed E-state index contributed by atoms with van der Waals surface area (Å²) in [7, 11) is 0. The largest absolute Gasteiger partial charge is 0.497 e.